The van der Waals surface area contributed by atoms with Gasteiger partial charge in [-0.15, -0.1) is 11.8 Å². The Balaban J connectivity index is 1.25. The molecule has 0 bridgehead atoms. The largest absolute Gasteiger partial charge is 0.459 e. The van der Waals surface area contributed by atoms with Gasteiger partial charge in [-0.2, -0.15) is 0 Å². The van der Waals surface area contributed by atoms with Gasteiger partial charge in [0.1, 0.15) is 12.6 Å². The lowest BCUT2D eigenvalue weighted by Crippen LogP contribution is -2.54. The number of rotatable bonds is 8. The highest BCUT2D eigenvalue weighted by Gasteiger charge is 2.55. The summed E-state index contributed by atoms with van der Waals surface area (Å²) >= 11 is 1.52. The van der Waals surface area contributed by atoms with Gasteiger partial charge in [0.25, 0.3) is 11.6 Å². The average Bonchev–Trinajstić information content (AvgIpc) is 3.24. The van der Waals surface area contributed by atoms with Gasteiger partial charge in [0.05, 0.1) is 34.2 Å². The van der Waals surface area contributed by atoms with Crippen molar-refractivity contribution in [3.05, 3.63) is 105 Å². The minimum Gasteiger partial charge on any atom is -0.459 e. The minimum atomic E-state index is -0.793. The van der Waals surface area contributed by atoms with Gasteiger partial charge in [-0.1, -0.05) is 18.2 Å². The molecule has 2 aliphatic rings. The molecule has 10 nitrogen and oxygen atoms in total. The first-order chi connectivity index (χ1) is 17.9. The Hall–Kier alpha value is -4.25. The molecule has 0 aliphatic carbocycles. The number of fused-ring (bicyclic) bond motifs is 1. The number of carbonyl (C=O) groups excluding carboxylic acids is 3. The Morgan fingerprint density at radius 2 is 1.86 bits per heavy atom. The average molecular weight is 519 g/mol. The third kappa shape index (κ3) is 5.17. The fourth-order valence-corrected chi connectivity index (χ4v) is 5.95. The Morgan fingerprint density at radius 3 is 2.51 bits per heavy atom. The van der Waals surface area contributed by atoms with E-state index in [1.54, 1.807) is 41.4 Å². The molecule has 3 atom stereocenters. The van der Waals surface area contributed by atoms with Crippen LogP contribution in [0.1, 0.15) is 38.8 Å². The zero-order valence-corrected chi connectivity index (χ0v) is 20.3. The van der Waals surface area contributed by atoms with E-state index < -0.39 is 16.9 Å². The maximum Gasteiger partial charge on any atom is 0.330 e. The fourth-order valence-electron chi connectivity index (χ4n) is 4.29. The summed E-state index contributed by atoms with van der Waals surface area (Å²) < 4.78 is 5.51. The van der Waals surface area contributed by atoms with E-state index in [9.17, 15) is 24.5 Å². The molecule has 3 aromatic rings. The minimum absolute atomic E-state index is 0.0507. The highest BCUT2D eigenvalue weighted by atomic mass is 32.2. The number of amides is 2. The second kappa shape index (κ2) is 10.4. The maximum atomic E-state index is 13.1. The van der Waals surface area contributed by atoms with E-state index >= 15 is 0 Å². The van der Waals surface area contributed by atoms with E-state index in [-0.39, 0.29) is 34.7 Å². The first-order valence-electron chi connectivity index (χ1n) is 11.6. The number of pyridine rings is 1. The first-order valence-corrected chi connectivity index (χ1v) is 12.5. The molecule has 2 unspecified atom stereocenters. The van der Waals surface area contributed by atoms with Crippen LogP contribution in [-0.2, 0) is 27.5 Å². The number of nitro benzene ring substituents is 1. The van der Waals surface area contributed by atoms with Crippen molar-refractivity contribution in [1.29, 1.82) is 0 Å². The van der Waals surface area contributed by atoms with E-state index in [0.29, 0.717) is 24.1 Å². The number of non-ortho nitro benzene ring substituents is 1. The van der Waals surface area contributed by atoms with Crippen molar-refractivity contribution in [2.45, 2.75) is 36.2 Å². The lowest BCUT2D eigenvalue weighted by Gasteiger charge is -2.36. The van der Waals surface area contributed by atoms with Gasteiger partial charge in [0, 0.05) is 23.9 Å². The maximum absolute atomic E-state index is 13.1. The number of hydrogen-bond acceptors (Lipinski definition) is 8. The van der Waals surface area contributed by atoms with Crippen molar-refractivity contribution in [2.24, 2.45) is 0 Å². The number of benzene rings is 2. The third-order valence-electron chi connectivity index (χ3n) is 6.26. The molecular formula is C26H22N4O6S. The molecule has 0 saturated carbocycles. The number of carbonyl (C=O) groups is 3. The molecule has 3 heterocycles. The first kappa shape index (κ1) is 24.4. The topological polar surface area (TPSA) is 132 Å². The molecule has 1 aromatic heterocycles. The summed E-state index contributed by atoms with van der Waals surface area (Å²) in [6.07, 6.45) is 2.03. The molecule has 11 heteroatoms. The number of thioether (sulfide) groups is 1. The van der Waals surface area contributed by atoms with Crippen molar-refractivity contribution < 1.29 is 24.0 Å². The van der Waals surface area contributed by atoms with Gasteiger partial charge < -0.3 is 15.0 Å². The van der Waals surface area contributed by atoms with E-state index in [0.717, 1.165) is 11.3 Å². The molecule has 5 rings (SSSR count). The number of nitro groups is 1. The van der Waals surface area contributed by atoms with Crippen molar-refractivity contribution >= 4 is 35.2 Å². The third-order valence-corrected chi connectivity index (χ3v) is 7.80. The number of aromatic nitrogens is 1. The summed E-state index contributed by atoms with van der Waals surface area (Å²) in [6, 6.07) is 17.4. The highest BCUT2D eigenvalue weighted by Crippen LogP contribution is 2.52. The summed E-state index contributed by atoms with van der Waals surface area (Å²) in [5, 5.41) is 13.2. The lowest BCUT2D eigenvalue weighted by atomic mass is 9.99. The molecule has 2 aromatic carbocycles. The summed E-state index contributed by atoms with van der Waals surface area (Å²) in [7, 11) is 0. The molecule has 2 aliphatic heterocycles. The van der Waals surface area contributed by atoms with Crippen LogP contribution in [0.2, 0.25) is 0 Å². The summed E-state index contributed by atoms with van der Waals surface area (Å²) in [5.74, 6) is -0.888. The van der Waals surface area contributed by atoms with E-state index in [1.165, 1.54) is 36.0 Å². The molecule has 0 radical (unpaired) electrons. The van der Waals surface area contributed by atoms with E-state index in [2.05, 4.69) is 10.3 Å². The standard InChI is InChI=1S/C26H22N4O6S/c31-21-13-22-29(21)23(26(33)36-15-16-4-10-20(11-5-16)30(34)35)24(37-22)17-6-8-18(9-7-17)25(32)28-14-19-3-1-2-12-27-19/h1-12,22-24H,13-15H2,(H,28,32)/t22-,23?,24?/m1/s1. The lowest BCUT2D eigenvalue weighted by molar-refractivity contribution is -0.384. The number of esters is 1. The van der Waals surface area contributed by atoms with Gasteiger partial charge in [-0.3, -0.25) is 24.7 Å². The Kier molecular flexibility index (Phi) is 6.87. The predicted octanol–water partition coefficient (Wildman–Crippen LogP) is 3.38. The molecule has 2 fully saturated rings. The van der Waals surface area contributed by atoms with Crippen LogP contribution >= 0.6 is 11.8 Å². The smallest absolute Gasteiger partial charge is 0.330 e. The second-order valence-electron chi connectivity index (χ2n) is 8.62. The zero-order chi connectivity index (χ0) is 25.9. The van der Waals surface area contributed by atoms with Crippen LogP contribution in [0, 0.1) is 10.1 Å². The van der Waals surface area contributed by atoms with Crippen LogP contribution in [-0.4, -0.2) is 44.0 Å². The Bertz CT molecular complexity index is 1330. The van der Waals surface area contributed by atoms with Crippen molar-refractivity contribution in [2.75, 3.05) is 0 Å². The summed E-state index contributed by atoms with van der Waals surface area (Å²) in [6.45, 7) is 0.244. The van der Waals surface area contributed by atoms with Crippen LogP contribution in [0.4, 0.5) is 5.69 Å². The number of β-lactam (4-membered cyclic amide) rings is 1. The fraction of sp³-hybridized carbons (Fsp3) is 0.231. The summed E-state index contributed by atoms with van der Waals surface area (Å²) in [4.78, 5) is 54.0. The molecule has 0 spiro atoms. The quantitative estimate of drug-likeness (QED) is 0.208. The van der Waals surface area contributed by atoms with Crippen molar-refractivity contribution in [3.63, 3.8) is 0 Å². The Morgan fingerprint density at radius 1 is 1.11 bits per heavy atom. The number of nitrogens with zero attached hydrogens (tertiary/aromatic N) is 3. The van der Waals surface area contributed by atoms with Gasteiger partial charge in [0.15, 0.2) is 0 Å². The number of hydrogen-bond donors (Lipinski definition) is 1. The highest BCUT2D eigenvalue weighted by molar-refractivity contribution is 8.00. The molecule has 37 heavy (non-hydrogen) atoms. The van der Waals surface area contributed by atoms with Gasteiger partial charge in [0.2, 0.25) is 5.91 Å². The molecule has 2 amide bonds. The van der Waals surface area contributed by atoms with Crippen LogP contribution in [0.3, 0.4) is 0 Å². The summed E-state index contributed by atoms with van der Waals surface area (Å²) in [5.41, 5.74) is 2.59. The predicted molar refractivity (Wildman–Crippen MR) is 134 cm³/mol. The van der Waals surface area contributed by atoms with Gasteiger partial charge in [-0.25, -0.2) is 4.79 Å². The molecular weight excluding hydrogens is 496 g/mol. The normalized spacial score (nSPS) is 20.1. The van der Waals surface area contributed by atoms with Crippen LogP contribution in [0.15, 0.2) is 72.9 Å². The van der Waals surface area contributed by atoms with E-state index in [1.807, 2.05) is 12.1 Å². The Labute approximate surface area is 216 Å². The van der Waals surface area contributed by atoms with E-state index in [4.69, 9.17) is 4.74 Å². The zero-order valence-electron chi connectivity index (χ0n) is 19.5. The monoisotopic (exact) mass is 518 g/mol. The van der Waals surface area contributed by atoms with Crippen molar-refractivity contribution in [3.8, 4) is 0 Å². The molecule has 2 saturated heterocycles. The van der Waals surface area contributed by atoms with Gasteiger partial charge >= 0.3 is 5.97 Å². The second-order valence-corrected chi connectivity index (χ2v) is 9.94. The number of nitrogens with one attached hydrogen (secondary N) is 1. The van der Waals surface area contributed by atoms with Crippen LogP contribution in [0.25, 0.3) is 0 Å². The molecule has 188 valence electrons. The van der Waals surface area contributed by atoms with Crippen LogP contribution < -0.4 is 5.32 Å². The number of ether oxygens (including phenoxy) is 1. The SMILES string of the molecule is O=C(NCc1ccccn1)c1ccc(C2S[C@@H]3CC(=O)N3C2C(=O)OCc2ccc([N+](=O)[O-])cc2)cc1. The van der Waals surface area contributed by atoms with Crippen molar-refractivity contribution in [1.82, 2.24) is 15.2 Å². The molecule has 1 N–H and O–H groups in total. The van der Waals surface area contributed by atoms with Crippen LogP contribution in [0.5, 0.6) is 0 Å². The van der Waals surface area contributed by atoms with Gasteiger partial charge in [-0.05, 0) is 47.5 Å².